The van der Waals surface area contributed by atoms with Crippen LogP contribution in [0.2, 0.25) is 0 Å². The Morgan fingerprint density at radius 3 is 1.88 bits per heavy atom. The van der Waals surface area contributed by atoms with Gasteiger partial charge in [0, 0.05) is 11.6 Å². The lowest BCUT2D eigenvalue weighted by Crippen LogP contribution is -2.35. The molecule has 6 nitrogen and oxygen atoms in total. The van der Waals surface area contributed by atoms with Gasteiger partial charge in [0.25, 0.3) is 0 Å². The third kappa shape index (κ3) is 6.25. The van der Waals surface area contributed by atoms with Crippen LogP contribution in [-0.4, -0.2) is 36.6 Å². The molecule has 0 fully saturated rings. The van der Waals surface area contributed by atoms with Crippen LogP contribution in [0.15, 0.2) is 99.6 Å². The molecule has 0 aromatic heterocycles. The second-order valence-electron chi connectivity index (χ2n) is 6.81. The number of carbonyl (C=O) groups is 2. The Morgan fingerprint density at radius 1 is 0.848 bits per heavy atom. The molecule has 10 heteroatoms. The van der Waals surface area contributed by atoms with Gasteiger partial charge in [-0.25, -0.2) is 8.42 Å². The molecular weight excluding hydrogens is 474 g/mol. The van der Waals surface area contributed by atoms with Gasteiger partial charge in [0.05, 0.1) is 10.9 Å². The number of rotatable bonds is 9. The zero-order valence-electron chi connectivity index (χ0n) is 17.0. The molecule has 0 amide bonds. The van der Waals surface area contributed by atoms with Gasteiger partial charge < -0.3 is 9.29 Å². The van der Waals surface area contributed by atoms with E-state index in [0.717, 1.165) is 14.7 Å². The van der Waals surface area contributed by atoms with Gasteiger partial charge in [-0.15, -0.1) is 0 Å². The molecule has 0 spiro atoms. The molecule has 3 aromatic carbocycles. The summed E-state index contributed by atoms with van der Waals surface area (Å²) >= 11 is 0. The minimum absolute atomic E-state index is 0.164. The van der Waals surface area contributed by atoms with Crippen molar-refractivity contribution >= 4 is 32.8 Å². The van der Waals surface area contributed by atoms with E-state index in [9.17, 15) is 31.3 Å². The topological polar surface area (TPSA) is 101 Å². The van der Waals surface area contributed by atoms with E-state index < -0.39 is 51.0 Å². The summed E-state index contributed by atoms with van der Waals surface area (Å²) in [7, 11) is -6.54. The number of ether oxygens (including phenoxy) is 1. The van der Waals surface area contributed by atoms with Gasteiger partial charge in [-0.05, 0) is 30.3 Å². The summed E-state index contributed by atoms with van der Waals surface area (Å²) < 4.78 is 61.9. The normalized spacial score (nSPS) is 11.9. The summed E-state index contributed by atoms with van der Waals surface area (Å²) in [6.45, 7) is -1.95. The average molecular weight is 493 g/mol. The van der Waals surface area contributed by atoms with Crippen molar-refractivity contribution in [2.24, 2.45) is 0 Å². The molecule has 0 saturated carbocycles. The maximum Gasteiger partial charge on any atom is 0.367 e. The monoisotopic (exact) mass is 492 g/mol. The molecule has 0 aliphatic heterocycles. The zero-order chi connectivity index (χ0) is 24.1. The van der Waals surface area contributed by atoms with Crippen LogP contribution >= 0.6 is 0 Å². The number of carbonyl (C=O) groups excluding carboxylic acids is 2. The van der Waals surface area contributed by atoms with Gasteiger partial charge in [0.15, 0.2) is 37.2 Å². The van der Waals surface area contributed by atoms with Crippen molar-refractivity contribution in [3.63, 3.8) is 0 Å². The largest absolute Gasteiger partial charge is 0.743 e. The summed E-state index contributed by atoms with van der Waals surface area (Å²) in [6.07, 6.45) is -0.886. The molecule has 33 heavy (non-hydrogen) atoms. The maximum atomic E-state index is 13.2. The highest BCUT2D eigenvalue weighted by Gasteiger charge is 2.39. The molecule has 0 heterocycles. The first kappa shape index (κ1) is 24.6. The lowest BCUT2D eigenvalue weighted by molar-refractivity contribution is -0.148. The van der Waals surface area contributed by atoms with Crippen molar-refractivity contribution in [1.82, 2.24) is 0 Å². The van der Waals surface area contributed by atoms with E-state index in [1.54, 1.807) is 12.1 Å². The Labute approximate surface area is 192 Å². The first-order valence-electron chi connectivity index (χ1n) is 9.55. The van der Waals surface area contributed by atoms with E-state index in [1.807, 2.05) is 66.7 Å². The fraction of sp³-hybridized carbons (Fsp3) is 0.130. The van der Waals surface area contributed by atoms with Crippen LogP contribution in [0.5, 0.6) is 0 Å². The van der Waals surface area contributed by atoms with Gasteiger partial charge in [0.2, 0.25) is 0 Å². The van der Waals surface area contributed by atoms with Crippen LogP contribution in [0.3, 0.4) is 0 Å². The van der Waals surface area contributed by atoms with Crippen LogP contribution in [0.25, 0.3) is 0 Å². The van der Waals surface area contributed by atoms with E-state index in [0.29, 0.717) is 0 Å². The van der Waals surface area contributed by atoms with Gasteiger partial charge in [0.1, 0.15) is 6.42 Å². The van der Waals surface area contributed by atoms with E-state index in [1.165, 1.54) is 6.07 Å². The van der Waals surface area contributed by atoms with Crippen LogP contribution in [0, 0.1) is 0 Å². The van der Waals surface area contributed by atoms with Gasteiger partial charge in [-0.2, -0.15) is 8.78 Å². The van der Waals surface area contributed by atoms with Crippen molar-refractivity contribution < 1.29 is 36.1 Å². The molecule has 0 aliphatic rings. The fourth-order valence-electron chi connectivity index (χ4n) is 2.84. The number of alkyl halides is 2. The standard InChI is InChI=1S/C23H18F2O6S2/c24-23(25,33(28,29)30)16-31-22(27)15-21(26)17-8-7-13-20(14-17)32(18-9-3-1-4-10-18)19-11-5-2-6-12-19/h1-14H,15-16H2. The molecule has 3 rings (SSSR count). The number of hydrogen-bond donors (Lipinski definition) is 0. The summed E-state index contributed by atoms with van der Waals surface area (Å²) in [5.74, 6) is -2.06. The molecule has 0 bridgehead atoms. The molecule has 3 aromatic rings. The van der Waals surface area contributed by atoms with E-state index in [4.69, 9.17) is 0 Å². The Balaban J connectivity index is 1.80. The Morgan fingerprint density at radius 2 is 1.36 bits per heavy atom. The Hall–Kier alpha value is -3.08. The Bertz CT molecular complexity index is 1190. The van der Waals surface area contributed by atoms with Crippen molar-refractivity contribution in [1.29, 1.82) is 0 Å². The highest BCUT2D eigenvalue weighted by Crippen LogP contribution is 2.31. The second kappa shape index (κ2) is 10.2. The molecule has 0 radical (unpaired) electrons. The lowest BCUT2D eigenvalue weighted by Gasteiger charge is -2.19. The first-order chi connectivity index (χ1) is 15.6. The SMILES string of the molecule is O=C(CC(=O)c1cccc([S+](c2ccccc2)c2ccccc2)c1)OCC(F)(F)S(=O)(=O)[O-]. The predicted octanol–water partition coefficient (Wildman–Crippen LogP) is 4.04. The van der Waals surface area contributed by atoms with Crippen molar-refractivity contribution in [3.8, 4) is 0 Å². The van der Waals surface area contributed by atoms with Crippen LogP contribution < -0.4 is 0 Å². The molecule has 0 unspecified atom stereocenters. The zero-order valence-corrected chi connectivity index (χ0v) is 18.7. The second-order valence-corrected chi connectivity index (χ2v) is 10.3. The number of halogens is 2. The fourth-order valence-corrected chi connectivity index (χ4v) is 5.18. The Kier molecular flexibility index (Phi) is 7.62. The third-order valence-corrected chi connectivity index (χ3v) is 7.48. The molecule has 0 atom stereocenters. The summed E-state index contributed by atoms with van der Waals surface area (Å²) in [4.78, 5) is 27.2. The van der Waals surface area contributed by atoms with Crippen molar-refractivity contribution in [2.45, 2.75) is 26.4 Å². The number of ketones is 1. The van der Waals surface area contributed by atoms with Crippen LogP contribution in [0.1, 0.15) is 16.8 Å². The van der Waals surface area contributed by atoms with Crippen molar-refractivity contribution in [2.75, 3.05) is 6.61 Å². The molecular formula is C23H18F2O6S2. The van der Waals surface area contributed by atoms with Crippen molar-refractivity contribution in [3.05, 3.63) is 90.5 Å². The van der Waals surface area contributed by atoms with Crippen LogP contribution in [-0.2, 0) is 30.5 Å². The minimum atomic E-state index is -5.99. The quantitative estimate of drug-likeness (QED) is 0.147. The summed E-state index contributed by atoms with van der Waals surface area (Å²) in [5.41, 5.74) is 0.164. The molecule has 0 N–H and O–H groups in total. The molecule has 0 aliphatic carbocycles. The summed E-state index contributed by atoms with van der Waals surface area (Å²) in [5, 5.41) is -4.77. The van der Waals surface area contributed by atoms with E-state index in [-0.39, 0.29) is 5.56 Å². The lowest BCUT2D eigenvalue weighted by atomic mass is 10.1. The molecule has 172 valence electrons. The third-order valence-electron chi connectivity index (χ3n) is 4.42. The highest BCUT2D eigenvalue weighted by molar-refractivity contribution is 7.97. The smallest absolute Gasteiger partial charge is 0.367 e. The number of Topliss-reactive ketones (excluding diaryl/α,β-unsaturated/α-hetero) is 1. The van der Waals surface area contributed by atoms with E-state index in [2.05, 4.69) is 4.74 Å². The number of esters is 1. The number of hydrogen-bond acceptors (Lipinski definition) is 6. The minimum Gasteiger partial charge on any atom is -0.743 e. The van der Waals surface area contributed by atoms with Gasteiger partial charge >= 0.3 is 11.2 Å². The highest BCUT2D eigenvalue weighted by atomic mass is 32.2. The summed E-state index contributed by atoms with van der Waals surface area (Å²) in [6, 6.07) is 25.9. The first-order valence-corrected chi connectivity index (χ1v) is 12.2. The maximum absolute atomic E-state index is 13.2. The molecule has 0 saturated heterocycles. The predicted molar refractivity (Wildman–Crippen MR) is 116 cm³/mol. The van der Waals surface area contributed by atoms with Crippen LogP contribution in [0.4, 0.5) is 8.78 Å². The van der Waals surface area contributed by atoms with E-state index >= 15 is 0 Å². The van der Waals surface area contributed by atoms with Gasteiger partial charge in [-0.3, -0.25) is 9.59 Å². The number of benzene rings is 3. The van der Waals surface area contributed by atoms with Gasteiger partial charge in [-0.1, -0.05) is 48.5 Å². The average Bonchev–Trinajstić information content (AvgIpc) is 2.79.